The average molecular weight is 1380 g/mol. The van der Waals surface area contributed by atoms with Crippen LogP contribution in [0.15, 0.2) is 4.99 Å². The van der Waals surface area contributed by atoms with E-state index in [0.717, 1.165) is 25.7 Å². The van der Waals surface area contributed by atoms with Crippen LogP contribution in [-0.2, 0) is 52.7 Å². The standard InChI is InChI=1S/C69H132N16O12/c1-13-15-16-17-18-19-20-21-22-23-24-25-34-56(87)75-36-29-27-32-50(63(92)85-59(48(12)86)68(97)83-55(41-46(9)10)66(95)81-52(60(72)89)38-43(3)4)80-67(96)58(47(11)14-2)84-62(91)51(33-30-37-76-69(73)74)78-61(90)49(31-26-28-35-70)79-65(94)54(40-45(7)8)82-64(93)53(39-44(5)6)77-57(88)42-71/h43-55,58-59,86H,13-42,70-71H2,1-12H3,(H2,72,89)(H,75,87)(H,77,88)(H,78,90)(H,79,94)(H,80,96)(H,81,95)(H,82,93)(H,83,97)(H,84,91)(H,85,92)(H4,73,74,76)/t47-,48+,49+,50+,51-,52-,53-,54-,55-,58-,59-/m0/s1. The first-order valence-electron chi connectivity index (χ1n) is 36.2. The fourth-order valence-electron chi connectivity index (χ4n) is 11.0. The third-order valence-corrected chi connectivity index (χ3v) is 16.7. The molecule has 21 N–H and O–H groups in total. The van der Waals surface area contributed by atoms with Gasteiger partial charge in [0.05, 0.1) is 12.6 Å². The molecule has 0 saturated heterocycles. The maximum atomic E-state index is 14.8. The Morgan fingerprint density at radius 3 is 1.16 bits per heavy atom. The lowest BCUT2D eigenvalue weighted by Gasteiger charge is -2.30. The lowest BCUT2D eigenvalue weighted by atomic mass is 9.96. The van der Waals surface area contributed by atoms with Crippen molar-refractivity contribution in [1.29, 1.82) is 0 Å². The van der Waals surface area contributed by atoms with Crippen LogP contribution < -0.4 is 81.8 Å². The molecule has 0 saturated carbocycles. The summed E-state index contributed by atoms with van der Waals surface area (Å²) in [7, 11) is 0. The number of nitrogens with one attached hydrogen (secondary N) is 10. The number of unbranched alkanes of at least 4 members (excludes halogenated alkanes) is 13. The normalized spacial score (nSPS) is 14.8. The van der Waals surface area contributed by atoms with E-state index in [1.54, 1.807) is 13.8 Å². The summed E-state index contributed by atoms with van der Waals surface area (Å²) in [6.07, 6.45) is 15.4. The molecule has 11 amide bonds. The Balaban J connectivity index is 7.14. The zero-order valence-electron chi connectivity index (χ0n) is 61.1. The number of aliphatic hydroxyl groups is 1. The molecule has 0 rings (SSSR count). The molecule has 0 aliphatic heterocycles. The zero-order valence-corrected chi connectivity index (χ0v) is 61.1. The van der Waals surface area contributed by atoms with Crippen molar-refractivity contribution < 1.29 is 57.8 Å². The molecule has 0 spiro atoms. The van der Waals surface area contributed by atoms with Gasteiger partial charge in [0, 0.05) is 19.5 Å². The minimum Gasteiger partial charge on any atom is -0.391 e. The number of nitrogens with two attached hydrogens (primary N) is 5. The monoisotopic (exact) mass is 1380 g/mol. The highest BCUT2D eigenvalue weighted by Gasteiger charge is 2.38. The van der Waals surface area contributed by atoms with Crippen molar-refractivity contribution in [3.8, 4) is 0 Å². The van der Waals surface area contributed by atoms with Crippen molar-refractivity contribution in [2.75, 3.05) is 26.2 Å². The second kappa shape index (κ2) is 52.4. The summed E-state index contributed by atoms with van der Waals surface area (Å²) in [6, 6.07) is -11.5. The number of aliphatic imine (C=N–C) groups is 1. The molecule has 0 aliphatic rings. The van der Waals surface area contributed by atoms with E-state index in [4.69, 9.17) is 28.7 Å². The van der Waals surface area contributed by atoms with Crippen LogP contribution in [0.1, 0.15) is 250 Å². The summed E-state index contributed by atoms with van der Waals surface area (Å²) < 4.78 is 0. The summed E-state index contributed by atoms with van der Waals surface area (Å²) in [4.78, 5) is 156. The Morgan fingerprint density at radius 1 is 0.381 bits per heavy atom. The number of hydrogen-bond donors (Lipinski definition) is 16. The molecule has 0 aromatic carbocycles. The number of primary amides is 1. The molecule has 0 radical (unpaired) electrons. The lowest BCUT2D eigenvalue weighted by Crippen LogP contribution is -2.62. The Bertz CT molecular complexity index is 2370. The highest BCUT2D eigenvalue weighted by Crippen LogP contribution is 2.17. The summed E-state index contributed by atoms with van der Waals surface area (Å²) in [5.41, 5.74) is 28.3. The minimum absolute atomic E-state index is 0.0211. The number of guanidine groups is 1. The van der Waals surface area contributed by atoms with Gasteiger partial charge in [-0.05, 0) is 127 Å². The predicted octanol–water partition coefficient (Wildman–Crippen LogP) is 2.97. The van der Waals surface area contributed by atoms with E-state index in [1.165, 1.54) is 58.3 Å². The second-order valence-corrected chi connectivity index (χ2v) is 27.9. The van der Waals surface area contributed by atoms with Crippen LogP contribution in [0.25, 0.3) is 0 Å². The van der Waals surface area contributed by atoms with Crippen molar-refractivity contribution in [2.24, 2.45) is 63.3 Å². The van der Waals surface area contributed by atoms with Crippen LogP contribution in [-0.4, -0.2) is 163 Å². The first-order chi connectivity index (χ1) is 45.8. The number of carbonyl (C=O) groups excluding carboxylic acids is 11. The smallest absolute Gasteiger partial charge is 0.245 e. The molecule has 0 heterocycles. The molecule has 97 heavy (non-hydrogen) atoms. The van der Waals surface area contributed by atoms with Gasteiger partial charge in [-0.1, -0.05) is 153 Å². The van der Waals surface area contributed by atoms with Gasteiger partial charge in [-0.2, -0.15) is 0 Å². The quantitative estimate of drug-likeness (QED) is 0.0236. The maximum absolute atomic E-state index is 14.8. The number of hydrogen-bond acceptors (Lipinski definition) is 15. The van der Waals surface area contributed by atoms with Gasteiger partial charge >= 0.3 is 0 Å². The van der Waals surface area contributed by atoms with E-state index in [-0.39, 0.29) is 120 Å². The zero-order chi connectivity index (χ0) is 73.6. The summed E-state index contributed by atoms with van der Waals surface area (Å²) in [6.45, 7) is 21.9. The van der Waals surface area contributed by atoms with Gasteiger partial charge in [0.15, 0.2) is 5.96 Å². The number of aliphatic hydroxyl groups excluding tert-OH is 1. The van der Waals surface area contributed by atoms with Crippen molar-refractivity contribution in [1.82, 2.24) is 53.2 Å². The van der Waals surface area contributed by atoms with Crippen molar-refractivity contribution >= 4 is 70.9 Å². The SMILES string of the molecule is CCCCCCCCCCCCCCC(=O)NCCCC[C@@H](NC(=O)[C@@H](NC(=O)[C@H](CCCN=C(N)N)NC(=O)[C@@H](CCCCN)NC(=O)[C@H](CC(C)C)NC(=O)[C@H](CC(C)C)NC(=O)CN)[C@@H](C)CC)C(=O)N[C@H](C(=O)N[C@@H](CC(C)C)C(=O)N[C@@H](CC(C)C)C(N)=O)[C@@H](C)O. The fraction of sp³-hybridized carbons (Fsp3) is 0.826. The first-order valence-corrected chi connectivity index (χ1v) is 36.2. The highest BCUT2D eigenvalue weighted by molar-refractivity contribution is 5.98. The van der Waals surface area contributed by atoms with Crippen molar-refractivity contribution in [2.45, 2.75) is 311 Å². The van der Waals surface area contributed by atoms with E-state index in [9.17, 15) is 57.8 Å². The molecule has 0 unspecified atom stereocenters. The molecular weight excluding hydrogens is 1240 g/mol. The van der Waals surface area contributed by atoms with E-state index >= 15 is 0 Å². The van der Waals surface area contributed by atoms with Gasteiger partial charge in [-0.15, -0.1) is 0 Å². The van der Waals surface area contributed by atoms with Gasteiger partial charge in [0.25, 0.3) is 0 Å². The molecular formula is C69H132N16O12. The van der Waals surface area contributed by atoms with Crippen LogP contribution in [0.5, 0.6) is 0 Å². The topological polar surface area (TPSA) is 471 Å². The molecule has 0 aromatic heterocycles. The third kappa shape index (κ3) is 42.0. The van der Waals surface area contributed by atoms with Crippen LogP contribution in [0.4, 0.5) is 0 Å². The van der Waals surface area contributed by atoms with E-state index in [2.05, 4.69) is 65.1 Å². The molecule has 560 valence electrons. The van der Waals surface area contributed by atoms with Gasteiger partial charge in [-0.25, -0.2) is 0 Å². The number of rotatable bonds is 56. The van der Waals surface area contributed by atoms with Crippen LogP contribution in [0.2, 0.25) is 0 Å². The summed E-state index contributed by atoms with van der Waals surface area (Å²) in [5, 5.41) is 38.4. The predicted molar refractivity (Wildman–Crippen MR) is 380 cm³/mol. The highest BCUT2D eigenvalue weighted by atomic mass is 16.3. The molecule has 0 aliphatic carbocycles. The Hall–Kier alpha value is -6.68. The van der Waals surface area contributed by atoms with E-state index in [1.807, 2.05) is 55.4 Å². The molecule has 11 atom stereocenters. The van der Waals surface area contributed by atoms with Gasteiger partial charge in [-0.3, -0.25) is 57.7 Å². The van der Waals surface area contributed by atoms with Gasteiger partial charge < -0.3 is 86.9 Å². The molecule has 28 nitrogen and oxygen atoms in total. The molecule has 0 fully saturated rings. The second-order valence-electron chi connectivity index (χ2n) is 27.9. The minimum atomic E-state index is -1.67. The fourth-order valence-corrected chi connectivity index (χ4v) is 11.0. The van der Waals surface area contributed by atoms with Crippen molar-refractivity contribution in [3.05, 3.63) is 0 Å². The molecule has 28 heteroatoms. The lowest BCUT2D eigenvalue weighted by molar-refractivity contribution is -0.137. The van der Waals surface area contributed by atoms with E-state index in [0.29, 0.717) is 32.1 Å². The summed E-state index contributed by atoms with van der Waals surface area (Å²) in [5.74, 6) is -8.85. The number of carbonyl (C=O) groups is 11. The number of amides is 11. The molecule has 0 bridgehead atoms. The molecule has 0 aromatic rings. The Labute approximate surface area is 579 Å². The van der Waals surface area contributed by atoms with Crippen LogP contribution in [0.3, 0.4) is 0 Å². The summed E-state index contributed by atoms with van der Waals surface area (Å²) >= 11 is 0. The number of nitrogens with zero attached hydrogens (tertiary/aromatic N) is 1. The Kier molecular flexibility index (Phi) is 48.8. The van der Waals surface area contributed by atoms with Gasteiger partial charge in [0.1, 0.15) is 54.4 Å². The van der Waals surface area contributed by atoms with Gasteiger partial charge in [0.2, 0.25) is 65.0 Å². The van der Waals surface area contributed by atoms with Crippen LogP contribution in [0, 0.1) is 29.6 Å². The largest absolute Gasteiger partial charge is 0.391 e. The van der Waals surface area contributed by atoms with E-state index < -0.39 is 125 Å². The third-order valence-electron chi connectivity index (χ3n) is 16.7. The van der Waals surface area contributed by atoms with Crippen molar-refractivity contribution in [3.63, 3.8) is 0 Å². The van der Waals surface area contributed by atoms with Crippen LogP contribution >= 0.6 is 0 Å². The first kappa shape index (κ1) is 90.3. The maximum Gasteiger partial charge on any atom is 0.245 e. The average Bonchev–Trinajstić information content (AvgIpc) is 0.911. The Morgan fingerprint density at radius 2 is 0.742 bits per heavy atom.